The van der Waals surface area contributed by atoms with Gasteiger partial charge in [-0.1, -0.05) is 48.0 Å². The zero-order valence-corrected chi connectivity index (χ0v) is 18.6. The number of carbonyl (C=O) groups is 1. The van der Waals surface area contributed by atoms with Crippen molar-refractivity contribution in [3.05, 3.63) is 94.5 Å². The van der Waals surface area contributed by atoms with Gasteiger partial charge in [0.05, 0.1) is 14.2 Å². The Hall–Kier alpha value is -3.22. The molecule has 0 bridgehead atoms. The van der Waals surface area contributed by atoms with Gasteiger partial charge in [-0.25, -0.2) is 4.79 Å². The Balaban J connectivity index is 1.70. The van der Waals surface area contributed by atoms with Crippen molar-refractivity contribution in [2.75, 3.05) is 20.8 Å². The number of amides is 1. The molecule has 0 aliphatic carbocycles. The van der Waals surface area contributed by atoms with E-state index in [1.54, 1.807) is 74.9 Å². The van der Waals surface area contributed by atoms with E-state index in [9.17, 15) is 9.90 Å². The lowest BCUT2D eigenvalue weighted by Gasteiger charge is -2.35. The molecule has 4 rings (SSSR count). The Labute approximate surface area is 191 Å². The molecular weight excluding hydrogens is 430 g/mol. The van der Waals surface area contributed by atoms with Crippen LogP contribution >= 0.6 is 11.6 Å². The predicted molar refractivity (Wildman–Crippen MR) is 121 cm³/mol. The van der Waals surface area contributed by atoms with E-state index in [2.05, 4.69) is 0 Å². The molecule has 3 aromatic carbocycles. The van der Waals surface area contributed by atoms with Crippen molar-refractivity contribution in [1.29, 1.82) is 0 Å². The zero-order chi connectivity index (χ0) is 22.7. The van der Waals surface area contributed by atoms with Crippen LogP contribution in [0.3, 0.4) is 0 Å². The van der Waals surface area contributed by atoms with E-state index in [1.807, 2.05) is 12.1 Å². The van der Waals surface area contributed by atoms with Gasteiger partial charge in [-0.2, -0.15) is 0 Å². The van der Waals surface area contributed by atoms with Gasteiger partial charge in [-0.05, 0) is 53.9 Å². The minimum atomic E-state index is -1.70. The summed E-state index contributed by atoms with van der Waals surface area (Å²) in [5.74, 6) is 1.32. The maximum Gasteiger partial charge on any atom is 0.413 e. The van der Waals surface area contributed by atoms with Gasteiger partial charge in [-0.3, -0.25) is 4.90 Å². The van der Waals surface area contributed by atoms with E-state index in [0.29, 0.717) is 34.1 Å². The summed E-state index contributed by atoms with van der Waals surface area (Å²) in [6.07, 6.45) is -0.974. The Bertz CT molecular complexity index is 1070. The smallest absolute Gasteiger partial charge is 0.413 e. The van der Waals surface area contributed by atoms with Crippen molar-refractivity contribution in [2.24, 2.45) is 0 Å². The molecule has 1 fully saturated rings. The Morgan fingerprint density at radius 3 is 2.06 bits per heavy atom. The third-order valence-electron chi connectivity index (χ3n) is 5.69. The number of hydrogen-bond acceptors (Lipinski definition) is 5. The molecule has 0 radical (unpaired) electrons. The molecule has 1 aliphatic heterocycles. The van der Waals surface area contributed by atoms with Gasteiger partial charge in [0.15, 0.2) is 6.10 Å². The first-order valence-corrected chi connectivity index (χ1v) is 10.6. The summed E-state index contributed by atoms with van der Waals surface area (Å²) in [7, 11) is 3.15. The van der Waals surface area contributed by atoms with Crippen molar-refractivity contribution in [2.45, 2.75) is 18.2 Å². The average Bonchev–Trinajstić information content (AvgIpc) is 3.09. The van der Waals surface area contributed by atoms with Crippen LogP contribution in [-0.2, 0) is 16.9 Å². The van der Waals surface area contributed by atoms with Gasteiger partial charge in [0, 0.05) is 17.1 Å². The van der Waals surface area contributed by atoms with E-state index in [0.717, 1.165) is 5.56 Å². The second-order valence-corrected chi connectivity index (χ2v) is 7.96. The number of carbonyl (C=O) groups excluding carboxylic acids is 1. The maximum absolute atomic E-state index is 12.9. The predicted octanol–water partition coefficient (Wildman–Crippen LogP) is 4.94. The van der Waals surface area contributed by atoms with E-state index in [4.69, 9.17) is 25.8 Å². The summed E-state index contributed by atoms with van der Waals surface area (Å²) in [6.45, 7) is 0.260. The molecule has 1 saturated heterocycles. The lowest BCUT2D eigenvalue weighted by atomic mass is 9.91. The summed E-state index contributed by atoms with van der Waals surface area (Å²) in [5, 5.41) is 12.6. The molecular formula is C25H24ClNO5. The average molecular weight is 454 g/mol. The van der Waals surface area contributed by atoms with Crippen molar-refractivity contribution in [3.8, 4) is 11.5 Å². The van der Waals surface area contributed by atoms with Gasteiger partial charge in [0.1, 0.15) is 11.5 Å². The maximum atomic E-state index is 12.9. The molecule has 166 valence electrons. The molecule has 7 heteroatoms. The van der Waals surface area contributed by atoms with Crippen LogP contribution in [0.4, 0.5) is 4.79 Å². The summed E-state index contributed by atoms with van der Waals surface area (Å²) >= 11 is 5.98. The first-order valence-electron chi connectivity index (χ1n) is 10.2. The molecule has 2 unspecified atom stereocenters. The fourth-order valence-electron chi connectivity index (χ4n) is 3.90. The normalized spacial score (nSPS) is 20.2. The lowest BCUT2D eigenvalue weighted by molar-refractivity contribution is -0.109. The topological polar surface area (TPSA) is 68.2 Å². The van der Waals surface area contributed by atoms with Crippen LogP contribution in [0.5, 0.6) is 11.5 Å². The number of halogens is 1. The first-order chi connectivity index (χ1) is 15.5. The van der Waals surface area contributed by atoms with Crippen LogP contribution in [0.1, 0.15) is 22.8 Å². The number of rotatable bonds is 7. The van der Waals surface area contributed by atoms with E-state index >= 15 is 0 Å². The summed E-state index contributed by atoms with van der Waals surface area (Å²) in [6, 6.07) is 21.5. The molecule has 1 N–H and O–H groups in total. The van der Waals surface area contributed by atoms with Crippen LogP contribution in [0, 0.1) is 0 Å². The SMILES string of the molecule is COc1ccc(C2OC(=O)N(CCc3ccc(Cl)cc3)C2(O)c2ccc(OC)cc2)cc1. The van der Waals surface area contributed by atoms with E-state index < -0.39 is 17.9 Å². The lowest BCUT2D eigenvalue weighted by Crippen LogP contribution is -2.46. The standard InChI is InChI=1S/C25H24ClNO5/c1-30-21-11-5-18(6-12-21)23-25(29,19-7-13-22(31-2)14-8-19)27(24(28)32-23)16-15-17-3-9-20(26)10-4-17/h3-14,23,29H,15-16H2,1-2H3. The Kier molecular flexibility index (Phi) is 6.26. The fraction of sp³-hybridized carbons (Fsp3) is 0.240. The number of nitrogens with zero attached hydrogens (tertiary/aromatic N) is 1. The van der Waals surface area contributed by atoms with Crippen LogP contribution in [-0.4, -0.2) is 36.9 Å². The molecule has 2 atom stereocenters. The third-order valence-corrected chi connectivity index (χ3v) is 5.94. The second kappa shape index (κ2) is 9.10. The van der Waals surface area contributed by atoms with Gasteiger partial charge in [-0.15, -0.1) is 0 Å². The van der Waals surface area contributed by atoms with Crippen LogP contribution in [0.15, 0.2) is 72.8 Å². The van der Waals surface area contributed by atoms with Gasteiger partial charge < -0.3 is 19.3 Å². The second-order valence-electron chi connectivity index (χ2n) is 7.52. The molecule has 6 nitrogen and oxygen atoms in total. The highest BCUT2D eigenvalue weighted by Gasteiger charge is 2.55. The van der Waals surface area contributed by atoms with Crippen LogP contribution in [0.2, 0.25) is 5.02 Å². The highest BCUT2D eigenvalue weighted by molar-refractivity contribution is 6.30. The number of methoxy groups -OCH3 is 2. The molecule has 32 heavy (non-hydrogen) atoms. The van der Waals surface area contributed by atoms with Crippen molar-refractivity contribution in [1.82, 2.24) is 4.90 Å². The Morgan fingerprint density at radius 1 is 0.938 bits per heavy atom. The number of cyclic esters (lactones) is 1. The van der Waals surface area contributed by atoms with Gasteiger partial charge in [0.25, 0.3) is 0 Å². The Morgan fingerprint density at radius 2 is 1.50 bits per heavy atom. The van der Waals surface area contributed by atoms with Crippen LogP contribution < -0.4 is 9.47 Å². The fourth-order valence-corrected chi connectivity index (χ4v) is 4.03. The summed E-state index contributed by atoms with van der Waals surface area (Å²) in [5.41, 5.74) is 0.476. The zero-order valence-electron chi connectivity index (χ0n) is 17.8. The van der Waals surface area contributed by atoms with Crippen molar-refractivity contribution in [3.63, 3.8) is 0 Å². The molecule has 0 saturated carbocycles. The largest absolute Gasteiger partial charge is 0.497 e. The van der Waals surface area contributed by atoms with Crippen LogP contribution in [0.25, 0.3) is 0 Å². The molecule has 1 aliphatic rings. The van der Waals surface area contributed by atoms with Gasteiger partial charge in [0.2, 0.25) is 5.72 Å². The number of benzene rings is 3. The summed E-state index contributed by atoms with van der Waals surface area (Å²) < 4.78 is 16.2. The highest BCUT2D eigenvalue weighted by atomic mass is 35.5. The molecule has 0 aromatic heterocycles. The van der Waals surface area contributed by atoms with E-state index in [-0.39, 0.29) is 6.54 Å². The molecule has 3 aromatic rings. The highest BCUT2D eigenvalue weighted by Crippen LogP contribution is 2.47. The minimum Gasteiger partial charge on any atom is -0.497 e. The molecule has 1 heterocycles. The number of aliphatic hydroxyl groups is 1. The van der Waals surface area contributed by atoms with Gasteiger partial charge >= 0.3 is 6.09 Å². The number of hydrogen-bond donors (Lipinski definition) is 1. The minimum absolute atomic E-state index is 0.260. The monoisotopic (exact) mass is 453 g/mol. The number of ether oxygens (including phenoxy) is 3. The van der Waals surface area contributed by atoms with E-state index in [1.165, 1.54) is 4.90 Å². The molecule has 0 spiro atoms. The van der Waals surface area contributed by atoms with Crippen molar-refractivity contribution < 1.29 is 24.1 Å². The quantitative estimate of drug-likeness (QED) is 0.549. The van der Waals surface area contributed by atoms with Crippen molar-refractivity contribution >= 4 is 17.7 Å². The summed E-state index contributed by atoms with van der Waals surface area (Å²) in [4.78, 5) is 14.3. The molecule has 1 amide bonds. The third kappa shape index (κ3) is 4.11. The first kappa shape index (κ1) is 22.0.